The van der Waals surface area contributed by atoms with E-state index >= 15 is 0 Å². The lowest BCUT2D eigenvalue weighted by Crippen LogP contribution is -2.32. The summed E-state index contributed by atoms with van der Waals surface area (Å²) in [4.78, 5) is 12.2. The molecule has 0 aliphatic carbocycles. The smallest absolute Gasteiger partial charge is 0.223 e. The highest BCUT2D eigenvalue weighted by Crippen LogP contribution is 2.28. The molecular weight excluding hydrogens is 246 g/mol. The van der Waals surface area contributed by atoms with E-state index < -0.39 is 0 Å². The minimum absolute atomic E-state index is 0.165. The molecule has 0 aromatic heterocycles. The molecule has 1 saturated heterocycles. The molecule has 0 bridgehead atoms. The molecule has 1 aromatic carbocycles. The Bertz CT molecular complexity index is 415. The third-order valence-corrected chi connectivity index (χ3v) is 4.58. The summed E-state index contributed by atoms with van der Waals surface area (Å²) in [6.07, 6.45) is 6.82. The Morgan fingerprint density at radius 1 is 1.25 bits per heavy atom. The van der Waals surface area contributed by atoms with Crippen LogP contribution in [-0.2, 0) is 11.2 Å². The number of benzene rings is 1. The highest BCUT2D eigenvalue weighted by molar-refractivity contribution is 5.81. The molecule has 1 aromatic rings. The zero-order valence-electron chi connectivity index (χ0n) is 12.8. The quantitative estimate of drug-likeness (QED) is 0.800. The van der Waals surface area contributed by atoms with Gasteiger partial charge in [-0.2, -0.15) is 0 Å². The van der Waals surface area contributed by atoms with Gasteiger partial charge in [-0.25, -0.2) is 0 Å². The molecule has 110 valence electrons. The first-order valence-corrected chi connectivity index (χ1v) is 8.08. The number of hydrogen-bond acceptors (Lipinski definition) is 1. The van der Waals surface area contributed by atoms with Crippen LogP contribution in [0.4, 0.5) is 0 Å². The number of hydrogen-bond donors (Lipinski definition) is 1. The summed E-state index contributed by atoms with van der Waals surface area (Å²) in [7, 11) is 0. The summed E-state index contributed by atoms with van der Waals surface area (Å²) in [6, 6.07) is 10.8. The van der Waals surface area contributed by atoms with Gasteiger partial charge in [0.25, 0.3) is 0 Å². The number of unbranched alkanes of at least 4 members (excludes halogenated alkanes) is 1. The van der Waals surface area contributed by atoms with E-state index in [1.165, 1.54) is 31.2 Å². The van der Waals surface area contributed by atoms with Crippen LogP contribution in [0, 0.1) is 11.8 Å². The van der Waals surface area contributed by atoms with Crippen LogP contribution >= 0.6 is 0 Å². The van der Waals surface area contributed by atoms with E-state index in [1.807, 2.05) is 6.07 Å². The first kappa shape index (κ1) is 15.1. The van der Waals surface area contributed by atoms with Crippen molar-refractivity contribution in [2.75, 3.05) is 0 Å². The number of rotatable bonds is 7. The first-order chi connectivity index (χ1) is 9.74. The van der Waals surface area contributed by atoms with Gasteiger partial charge >= 0.3 is 0 Å². The van der Waals surface area contributed by atoms with E-state index in [9.17, 15) is 4.79 Å². The summed E-state index contributed by atoms with van der Waals surface area (Å²) in [5.41, 5.74) is 1.27. The van der Waals surface area contributed by atoms with Crippen LogP contribution in [0.2, 0.25) is 0 Å². The Morgan fingerprint density at radius 2 is 2.00 bits per heavy atom. The van der Waals surface area contributed by atoms with E-state index in [0.29, 0.717) is 12.0 Å². The minimum Gasteiger partial charge on any atom is -0.353 e. The lowest BCUT2D eigenvalue weighted by molar-refractivity contribution is -0.122. The Balaban J connectivity index is 1.92. The van der Waals surface area contributed by atoms with Crippen LogP contribution < -0.4 is 5.32 Å². The Labute approximate surface area is 123 Å². The van der Waals surface area contributed by atoms with Crippen molar-refractivity contribution in [3.63, 3.8) is 0 Å². The maximum absolute atomic E-state index is 12.2. The van der Waals surface area contributed by atoms with Crippen LogP contribution in [0.5, 0.6) is 0 Å². The lowest BCUT2D eigenvalue weighted by atomic mass is 9.87. The van der Waals surface area contributed by atoms with E-state index in [1.54, 1.807) is 0 Å². The summed E-state index contributed by atoms with van der Waals surface area (Å²) >= 11 is 0. The molecule has 3 atom stereocenters. The second-order valence-corrected chi connectivity index (χ2v) is 6.05. The van der Waals surface area contributed by atoms with E-state index in [-0.39, 0.29) is 11.8 Å². The van der Waals surface area contributed by atoms with E-state index in [2.05, 4.69) is 43.4 Å². The summed E-state index contributed by atoms with van der Waals surface area (Å²) in [5.74, 6) is 1.08. The van der Waals surface area contributed by atoms with Crippen molar-refractivity contribution in [3.05, 3.63) is 35.9 Å². The topological polar surface area (TPSA) is 29.1 Å². The van der Waals surface area contributed by atoms with Crippen molar-refractivity contribution in [2.24, 2.45) is 11.8 Å². The van der Waals surface area contributed by atoms with Gasteiger partial charge in [-0.1, -0.05) is 63.4 Å². The molecule has 1 heterocycles. The summed E-state index contributed by atoms with van der Waals surface area (Å²) in [6.45, 7) is 4.48. The third-order valence-electron chi connectivity index (χ3n) is 4.58. The van der Waals surface area contributed by atoms with Crippen molar-refractivity contribution in [2.45, 2.75) is 58.4 Å². The molecule has 0 spiro atoms. The fourth-order valence-electron chi connectivity index (χ4n) is 3.31. The van der Waals surface area contributed by atoms with Gasteiger partial charge in [0.2, 0.25) is 5.91 Å². The zero-order valence-corrected chi connectivity index (χ0v) is 12.8. The highest BCUT2D eigenvalue weighted by atomic mass is 16.2. The fourth-order valence-corrected chi connectivity index (χ4v) is 3.31. The predicted octanol–water partition coefficient (Wildman–Crippen LogP) is 3.95. The molecule has 2 nitrogen and oxygen atoms in total. The first-order valence-electron chi connectivity index (χ1n) is 8.08. The van der Waals surface area contributed by atoms with Gasteiger partial charge < -0.3 is 5.32 Å². The largest absolute Gasteiger partial charge is 0.353 e. The molecule has 20 heavy (non-hydrogen) atoms. The second kappa shape index (κ2) is 7.47. The molecular formula is C18H27NO. The minimum atomic E-state index is 0.165. The van der Waals surface area contributed by atoms with Crippen molar-refractivity contribution in [1.29, 1.82) is 0 Å². The van der Waals surface area contributed by atoms with E-state index in [4.69, 9.17) is 0 Å². The van der Waals surface area contributed by atoms with Gasteiger partial charge in [0.1, 0.15) is 0 Å². The summed E-state index contributed by atoms with van der Waals surface area (Å²) < 4.78 is 0. The maximum Gasteiger partial charge on any atom is 0.223 e. The third kappa shape index (κ3) is 3.84. The molecule has 2 rings (SSSR count). The van der Waals surface area contributed by atoms with Gasteiger partial charge in [0.15, 0.2) is 0 Å². The van der Waals surface area contributed by atoms with Crippen LogP contribution in [0.3, 0.4) is 0 Å². The average molecular weight is 273 g/mol. The lowest BCUT2D eigenvalue weighted by Gasteiger charge is -2.21. The molecule has 1 N–H and O–H groups in total. The number of carbonyl (C=O) groups is 1. The standard InChI is InChI=1S/C18H27NO/c1-3-5-11-15(4-2)17-13-16(18(20)19-17)12-14-9-7-6-8-10-14/h6-10,15-17H,3-5,11-13H2,1-2H3,(H,19,20). The number of carbonyl (C=O) groups excluding carboxylic acids is 1. The van der Waals surface area contributed by atoms with Crippen molar-refractivity contribution in [1.82, 2.24) is 5.32 Å². The molecule has 0 radical (unpaired) electrons. The van der Waals surface area contributed by atoms with E-state index in [0.717, 1.165) is 12.8 Å². The molecule has 2 heteroatoms. The summed E-state index contributed by atoms with van der Waals surface area (Å²) in [5, 5.41) is 3.25. The van der Waals surface area contributed by atoms with Crippen molar-refractivity contribution >= 4 is 5.91 Å². The number of amides is 1. The van der Waals surface area contributed by atoms with Gasteiger partial charge in [0.05, 0.1) is 0 Å². The van der Waals surface area contributed by atoms with Crippen LogP contribution in [-0.4, -0.2) is 11.9 Å². The monoisotopic (exact) mass is 273 g/mol. The van der Waals surface area contributed by atoms with Crippen molar-refractivity contribution in [3.8, 4) is 0 Å². The van der Waals surface area contributed by atoms with Crippen LogP contribution in [0.1, 0.15) is 51.5 Å². The average Bonchev–Trinajstić information content (AvgIpc) is 2.82. The van der Waals surface area contributed by atoms with Crippen LogP contribution in [0.25, 0.3) is 0 Å². The Hall–Kier alpha value is -1.31. The SMILES string of the molecule is CCCCC(CC)C1CC(Cc2ccccc2)C(=O)N1. The van der Waals surface area contributed by atoms with Crippen LogP contribution in [0.15, 0.2) is 30.3 Å². The van der Waals surface area contributed by atoms with Gasteiger partial charge in [-0.05, 0) is 30.7 Å². The Morgan fingerprint density at radius 3 is 2.65 bits per heavy atom. The predicted molar refractivity (Wildman–Crippen MR) is 83.5 cm³/mol. The maximum atomic E-state index is 12.2. The Kier molecular flexibility index (Phi) is 5.63. The fraction of sp³-hybridized carbons (Fsp3) is 0.611. The zero-order chi connectivity index (χ0) is 14.4. The van der Waals surface area contributed by atoms with Crippen molar-refractivity contribution < 1.29 is 4.79 Å². The molecule has 1 fully saturated rings. The second-order valence-electron chi connectivity index (χ2n) is 6.05. The van der Waals surface area contributed by atoms with Gasteiger partial charge in [-0.15, -0.1) is 0 Å². The van der Waals surface area contributed by atoms with Gasteiger partial charge in [0, 0.05) is 12.0 Å². The normalized spacial score (nSPS) is 23.6. The molecule has 3 unspecified atom stereocenters. The number of nitrogens with one attached hydrogen (secondary N) is 1. The molecule has 1 amide bonds. The highest BCUT2D eigenvalue weighted by Gasteiger charge is 2.35. The molecule has 1 aliphatic heterocycles. The van der Waals surface area contributed by atoms with Gasteiger partial charge in [-0.3, -0.25) is 4.79 Å². The molecule has 0 saturated carbocycles. The molecule has 1 aliphatic rings.